The lowest BCUT2D eigenvalue weighted by Gasteiger charge is -2.19. The maximum Gasteiger partial charge on any atom is 0.310 e. The number of para-hydroxylation sites is 1. The summed E-state index contributed by atoms with van der Waals surface area (Å²) in [6.07, 6.45) is 12.9. The van der Waals surface area contributed by atoms with E-state index in [9.17, 15) is 9.90 Å². The highest BCUT2D eigenvalue weighted by molar-refractivity contribution is 8.00. The Labute approximate surface area is 226 Å². The number of ether oxygens (including phenoxy) is 1. The predicted octanol–water partition coefficient (Wildman–Crippen LogP) is 5.58. The number of thioether (sulfide) groups is 1. The van der Waals surface area contributed by atoms with Gasteiger partial charge in [0.15, 0.2) is 0 Å². The first kappa shape index (κ1) is 22.9. The average molecular weight is 526 g/mol. The van der Waals surface area contributed by atoms with Crippen LogP contribution in [0.5, 0.6) is 0 Å². The van der Waals surface area contributed by atoms with E-state index >= 15 is 0 Å². The number of imidazole rings is 1. The molecule has 7 aliphatic rings. The molecule has 1 aliphatic heterocycles. The summed E-state index contributed by atoms with van der Waals surface area (Å²) in [6, 6.07) is 6.46. The van der Waals surface area contributed by atoms with Crippen molar-refractivity contribution in [3.05, 3.63) is 71.1 Å². The van der Waals surface area contributed by atoms with Crippen LogP contribution in [0.3, 0.4) is 0 Å². The summed E-state index contributed by atoms with van der Waals surface area (Å²) in [4.78, 5) is 22.4. The Balaban J connectivity index is 0.982. The van der Waals surface area contributed by atoms with Gasteiger partial charge < -0.3 is 14.4 Å². The van der Waals surface area contributed by atoms with Crippen LogP contribution in [0.2, 0.25) is 0 Å². The van der Waals surface area contributed by atoms with Crippen LogP contribution in [0.25, 0.3) is 11.0 Å². The molecule has 9 rings (SSSR count). The van der Waals surface area contributed by atoms with Crippen LogP contribution < -0.4 is 0 Å². The molecule has 6 aliphatic carbocycles. The maximum atomic E-state index is 11.8. The summed E-state index contributed by atoms with van der Waals surface area (Å²) in [5.41, 5.74) is 7.29. The highest BCUT2D eigenvalue weighted by Gasteiger charge is 2.97. The molecule has 2 aromatic rings. The van der Waals surface area contributed by atoms with E-state index in [1.807, 2.05) is 25.1 Å². The van der Waals surface area contributed by atoms with E-state index < -0.39 is 11.4 Å². The van der Waals surface area contributed by atoms with Gasteiger partial charge in [-0.1, -0.05) is 43.7 Å². The van der Waals surface area contributed by atoms with E-state index in [-0.39, 0.29) is 11.3 Å². The fourth-order valence-electron chi connectivity index (χ4n) is 8.08. The number of aryl methyl sites for hydroxylation is 1. The van der Waals surface area contributed by atoms with E-state index in [2.05, 4.69) is 70.9 Å². The summed E-state index contributed by atoms with van der Waals surface area (Å²) in [6.45, 7) is 5.88. The third-order valence-corrected chi connectivity index (χ3v) is 11.3. The molecular formula is C31H31N3O3S. The summed E-state index contributed by atoms with van der Waals surface area (Å²) < 4.78 is 8.27. The lowest BCUT2D eigenvalue weighted by molar-refractivity contribution is -0.141. The van der Waals surface area contributed by atoms with Crippen LogP contribution >= 0.6 is 11.8 Å². The number of carboxylic acids is 1. The van der Waals surface area contributed by atoms with Gasteiger partial charge >= 0.3 is 5.97 Å². The Morgan fingerprint density at radius 2 is 2.13 bits per heavy atom. The van der Waals surface area contributed by atoms with Crippen molar-refractivity contribution in [3.63, 3.8) is 0 Å². The minimum Gasteiger partial charge on any atom is -0.481 e. The van der Waals surface area contributed by atoms with Crippen molar-refractivity contribution < 1.29 is 14.6 Å². The number of benzene rings is 1. The molecule has 5 saturated carbocycles. The molecule has 1 aromatic heterocycles. The van der Waals surface area contributed by atoms with Crippen molar-refractivity contribution in [1.82, 2.24) is 9.55 Å². The normalized spacial score (nSPS) is 35.1. The number of aliphatic imine (C=N–C) groups is 1. The van der Waals surface area contributed by atoms with Crippen molar-refractivity contribution in [2.75, 3.05) is 13.2 Å². The van der Waals surface area contributed by atoms with Gasteiger partial charge in [0.25, 0.3) is 0 Å². The van der Waals surface area contributed by atoms with Gasteiger partial charge in [0.05, 0.1) is 17.3 Å². The molecule has 0 spiro atoms. The topological polar surface area (TPSA) is 76.7 Å². The molecule has 3 unspecified atom stereocenters. The highest BCUT2D eigenvalue weighted by Crippen LogP contribution is 2.94. The van der Waals surface area contributed by atoms with Gasteiger partial charge in [-0.05, 0) is 65.0 Å². The number of hydrogen-bond donors (Lipinski definition) is 1. The Hall–Kier alpha value is -3.06. The number of carboxylic acid groups (broad SMARTS) is 1. The number of rotatable bonds is 5. The van der Waals surface area contributed by atoms with E-state index in [4.69, 9.17) is 4.74 Å². The molecule has 6 nitrogen and oxygen atoms in total. The molecule has 1 N–H and O–H groups in total. The number of nitrogens with zero attached hydrogens (tertiary/aromatic N) is 3. The summed E-state index contributed by atoms with van der Waals surface area (Å²) in [7, 11) is 2.05. The van der Waals surface area contributed by atoms with E-state index in [0.717, 1.165) is 18.4 Å². The van der Waals surface area contributed by atoms with Gasteiger partial charge in [0.1, 0.15) is 12.1 Å². The third-order valence-electron chi connectivity index (χ3n) is 10.0. The van der Waals surface area contributed by atoms with Crippen molar-refractivity contribution in [2.45, 2.75) is 36.8 Å². The van der Waals surface area contributed by atoms with Crippen LogP contribution in [-0.2, 0) is 16.6 Å². The largest absolute Gasteiger partial charge is 0.481 e. The van der Waals surface area contributed by atoms with Crippen molar-refractivity contribution in [2.24, 2.45) is 46.5 Å². The number of dihydropyridines is 1. The molecule has 1 aromatic carbocycles. The number of fused-ring (bicyclic) bond motifs is 2. The van der Waals surface area contributed by atoms with Crippen molar-refractivity contribution >= 4 is 34.7 Å². The minimum atomic E-state index is -0.610. The van der Waals surface area contributed by atoms with E-state index in [0.29, 0.717) is 42.1 Å². The molecule has 0 radical (unpaired) electrons. The summed E-state index contributed by atoms with van der Waals surface area (Å²) >= 11 is 1.94. The van der Waals surface area contributed by atoms with Gasteiger partial charge in [0.2, 0.25) is 5.90 Å². The summed E-state index contributed by atoms with van der Waals surface area (Å²) in [5, 5.41) is 10.1. The average Bonchev–Trinajstić information content (AvgIpc) is 3.59. The van der Waals surface area contributed by atoms with Gasteiger partial charge in [0, 0.05) is 35.6 Å². The third kappa shape index (κ3) is 2.94. The Bertz CT molecular complexity index is 1590. The van der Waals surface area contributed by atoms with Gasteiger partial charge in [-0.2, -0.15) is 0 Å². The van der Waals surface area contributed by atoms with Crippen LogP contribution in [0.1, 0.15) is 26.7 Å². The monoisotopic (exact) mass is 525 g/mol. The standard InChI is InChI=1S/C31H31N3O3S/c1-30(2)12-23(38-22-6-4-5-21-28(22)33-15-34(21)3)17-9-7-16(8-10-20(17)30)14-37-24-11-18-19(13-32-24)26-27-25(18)31(26,27)29(35)36/h4-6,8-11,15,19,23,25-27H,7,12-14H2,1-3H3,(H,35,36)/t19?,23?,25?,26-,27+,31+/m0/s1. The SMILES string of the molecule is Cn1cnc2c(SC3CC(C)(C)C4=CC=C(COC5=NCC6C(=C5)C5[C@@H]7[C@H]6[C@]57C(=O)O)CC=C43)cccc21. The van der Waals surface area contributed by atoms with Crippen molar-refractivity contribution in [3.8, 4) is 0 Å². The summed E-state index contributed by atoms with van der Waals surface area (Å²) in [5.74, 6) is 1.32. The number of aromatic nitrogens is 2. The first-order chi connectivity index (χ1) is 18.3. The fourth-order valence-corrected chi connectivity index (χ4v) is 9.66. The Morgan fingerprint density at radius 1 is 1.26 bits per heavy atom. The number of carbonyl (C=O) groups is 1. The molecular weight excluding hydrogens is 494 g/mol. The van der Waals surface area contributed by atoms with Crippen LogP contribution in [-0.4, -0.2) is 44.9 Å². The first-order valence-electron chi connectivity index (χ1n) is 13.6. The van der Waals surface area contributed by atoms with Gasteiger partial charge in [-0.3, -0.25) is 9.79 Å². The maximum absolute atomic E-state index is 11.8. The zero-order valence-corrected chi connectivity index (χ0v) is 22.7. The molecule has 6 atom stereocenters. The Morgan fingerprint density at radius 3 is 2.95 bits per heavy atom. The van der Waals surface area contributed by atoms with Crippen LogP contribution in [0.15, 0.2) is 81.0 Å². The quantitative estimate of drug-likeness (QED) is 0.552. The smallest absolute Gasteiger partial charge is 0.310 e. The number of aliphatic carboxylic acids is 1. The molecule has 38 heavy (non-hydrogen) atoms. The lowest BCUT2D eigenvalue weighted by Crippen LogP contribution is -2.17. The van der Waals surface area contributed by atoms with Crippen LogP contribution in [0, 0.1) is 34.5 Å². The van der Waals surface area contributed by atoms with Crippen molar-refractivity contribution in [1.29, 1.82) is 0 Å². The van der Waals surface area contributed by atoms with Crippen LogP contribution in [0.4, 0.5) is 0 Å². The number of hydrogen-bond acceptors (Lipinski definition) is 5. The first-order valence-corrected chi connectivity index (χ1v) is 14.5. The highest BCUT2D eigenvalue weighted by atomic mass is 32.2. The second-order valence-corrected chi connectivity index (χ2v) is 13.7. The molecule has 0 amide bonds. The minimum absolute atomic E-state index is 0.104. The zero-order valence-electron chi connectivity index (χ0n) is 21.8. The predicted molar refractivity (Wildman–Crippen MR) is 148 cm³/mol. The van der Waals surface area contributed by atoms with E-state index in [1.54, 1.807) is 0 Å². The van der Waals surface area contributed by atoms with Gasteiger partial charge in [-0.15, -0.1) is 11.8 Å². The second-order valence-electron chi connectivity index (χ2n) is 12.4. The molecule has 7 heteroatoms. The molecule has 0 saturated heterocycles. The molecule has 2 heterocycles. The van der Waals surface area contributed by atoms with Gasteiger partial charge in [-0.25, -0.2) is 4.98 Å². The number of allylic oxidation sites excluding steroid dienone is 4. The molecule has 2 bridgehead atoms. The molecule has 5 fully saturated rings. The lowest BCUT2D eigenvalue weighted by atomic mass is 9.86. The second kappa shape index (κ2) is 7.53. The molecule has 194 valence electrons. The Kier molecular flexibility index (Phi) is 4.53. The van der Waals surface area contributed by atoms with E-state index in [1.165, 1.54) is 32.7 Å². The fraction of sp³-hybridized carbons (Fsp3) is 0.452. The zero-order chi connectivity index (χ0) is 26.0.